The first-order valence-electron chi connectivity index (χ1n) is 7.52. The predicted molar refractivity (Wildman–Crippen MR) is 70.1 cm³/mol. The highest BCUT2D eigenvalue weighted by molar-refractivity contribution is 4.90. The molecule has 0 spiro atoms. The minimum absolute atomic E-state index is 0.00697. The number of hydrogen-bond acceptors (Lipinski definition) is 2. The van der Waals surface area contributed by atoms with Crippen LogP contribution >= 0.6 is 0 Å². The van der Waals surface area contributed by atoms with E-state index in [1.54, 1.807) is 0 Å². The van der Waals surface area contributed by atoms with Crippen LogP contribution in [0.15, 0.2) is 0 Å². The van der Waals surface area contributed by atoms with E-state index in [9.17, 15) is 13.2 Å². The van der Waals surface area contributed by atoms with Crippen molar-refractivity contribution in [2.24, 2.45) is 5.92 Å². The Hall–Kier alpha value is -0.290. The van der Waals surface area contributed by atoms with E-state index < -0.39 is 12.7 Å². The molecule has 0 aromatic heterocycles. The lowest BCUT2D eigenvalue weighted by Crippen LogP contribution is -2.55. The zero-order valence-electron chi connectivity index (χ0n) is 11.7. The number of likely N-dealkylation sites (tertiary alicyclic amines) is 1. The second-order valence-electron chi connectivity index (χ2n) is 6.12. The van der Waals surface area contributed by atoms with E-state index in [4.69, 9.17) is 0 Å². The Morgan fingerprint density at radius 3 is 2.47 bits per heavy atom. The van der Waals surface area contributed by atoms with Crippen LogP contribution in [0, 0.1) is 5.92 Å². The van der Waals surface area contributed by atoms with Gasteiger partial charge >= 0.3 is 6.18 Å². The number of nitrogens with zero attached hydrogens (tertiary/aromatic N) is 1. The zero-order valence-corrected chi connectivity index (χ0v) is 11.7. The summed E-state index contributed by atoms with van der Waals surface area (Å²) >= 11 is 0. The zero-order chi connectivity index (χ0) is 13.9. The van der Waals surface area contributed by atoms with Crippen molar-refractivity contribution in [1.82, 2.24) is 10.2 Å². The first-order chi connectivity index (χ1) is 8.98. The number of hydrogen-bond donors (Lipinski definition) is 1. The van der Waals surface area contributed by atoms with Gasteiger partial charge in [0, 0.05) is 25.2 Å². The molecule has 2 aliphatic rings. The molecule has 2 atom stereocenters. The van der Waals surface area contributed by atoms with Crippen molar-refractivity contribution < 1.29 is 13.2 Å². The van der Waals surface area contributed by atoms with Crippen molar-refractivity contribution >= 4 is 0 Å². The fourth-order valence-electron chi connectivity index (χ4n) is 3.32. The first-order valence-corrected chi connectivity index (χ1v) is 7.52. The lowest BCUT2D eigenvalue weighted by Gasteiger charge is -2.45. The highest BCUT2D eigenvalue weighted by Crippen LogP contribution is 2.30. The van der Waals surface area contributed by atoms with Crippen molar-refractivity contribution in [1.29, 1.82) is 0 Å². The number of piperidine rings is 1. The van der Waals surface area contributed by atoms with Gasteiger partial charge in [0.15, 0.2) is 0 Å². The van der Waals surface area contributed by atoms with Gasteiger partial charge in [0.05, 0.1) is 6.54 Å². The topological polar surface area (TPSA) is 15.3 Å². The smallest absolute Gasteiger partial charge is 0.305 e. The van der Waals surface area contributed by atoms with Crippen LogP contribution in [-0.4, -0.2) is 42.8 Å². The van der Waals surface area contributed by atoms with E-state index in [1.165, 1.54) is 19.3 Å². The fourth-order valence-corrected chi connectivity index (χ4v) is 3.32. The van der Waals surface area contributed by atoms with Crippen molar-refractivity contribution in [2.75, 3.05) is 19.6 Å². The molecule has 1 N–H and O–H groups in total. The summed E-state index contributed by atoms with van der Waals surface area (Å²) in [7, 11) is 0. The van der Waals surface area contributed by atoms with Crippen LogP contribution in [0.25, 0.3) is 0 Å². The molecule has 0 bridgehead atoms. The minimum atomic E-state index is -4.10. The first kappa shape index (κ1) is 15.1. The SMILES string of the molecule is CCCC1CC(NCC(F)(F)F)CN(C2CCC2)C1. The van der Waals surface area contributed by atoms with Crippen LogP contribution in [0.4, 0.5) is 13.2 Å². The molecule has 5 heteroatoms. The van der Waals surface area contributed by atoms with Gasteiger partial charge < -0.3 is 5.32 Å². The fraction of sp³-hybridized carbons (Fsp3) is 1.00. The second-order valence-corrected chi connectivity index (χ2v) is 6.12. The van der Waals surface area contributed by atoms with Gasteiger partial charge in [-0.3, -0.25) is 4.90 Å². The lowest BCUT2D eigenvalue weighted by atomic mass is 9.85. The Balaban J connectivity index is 1.86. The molecule has 2 unspecified atom stereocenters. The van der Waals surface area contributed by atoms with E-state index in [-0.39, 0.29) is 6.04 Å². The normalized spacial score (nSPS) is 30.3. The maximum Gasteiger partial charge on any atom is 0.401 e. The van der Waals surface area contributed by atoms with Crippen LogP contribution in [-0.2, 0) is 0 Å². The maximum absolute atomic E-state index is 12.3. The molecular weight excluding hydrogens is 253 g/mol. The molecule has 2 fully saturated rings. The number of alkyl halides is 3. The summed E-state index contributed by atoms with van der Waals surface area (Å²) in [5.41, 5.74) is 0. The predicted octanol–water partition coefficient (Wildman–Crippen LogP) is 3.18. The van der Waals surface area contributed by atoms with Crippen LogP contribution in [0.1, 0.15) is 45.4 Å². The third-order valence-corrected chi connectivity index (χ3v) is 4.44. The van der Waals surface area contributed by atoms with Crippen LogP contribution < -0.4 is 5.32 Å². The molecule has 1 aliphatic carbocycles. The van der Waals surface area contributed by atoms with Gasteiger partial charge in [-0.1, -0.05) is 19.8 Å². The summed E-state index contributed by atoms with van der Waals surface area (Å²) < 4.78 is 36.9. The maximum atomic E-state index is 12.3. The van der Waals surface area contributed by atoms with Gasteiger partial charge in [0.2, 0.25) is 0 Å². The number of halogens is 3. The molecule has 1 aliphatic heterocycles. The standard InChI is InChI=1S/C14H25F3N2/c1-2-4-11-7-12(18-10-14(15,16)17)9-19(8-11)13-5-3-6-13/h11-13,18H,2-10H2,1H3. The lowest BCUT2D eigenvalue weighted by molar-refractivity contribution is -0.127. The number of rotatable bonds is 5. The summed E-state index contributed by atoms with van der Waals surface area (Å²) in [6, 6.07) is 0.641. The minimum Gasteiger partial charge on any atom is -0.305 e. The van der Waals surface area contributed by atoms with E-state index in [0.717, 1.165) is 32.4 Å². The quantitative estimate of drug-likeness (QED) is 0.831. The Morgan fingerprint density at radius 1 is 1.21 bits per heavy atom. The van der Waals surface area contributed by atoms with Crippen molar-refractivity contribution in [2.45, 2.75) is 63.7 Å². The molecule has 2 nitrogen and oxygen atoms in total. The second kappa shape index (κ2) is 6.44. The molecule has 0 aromatic carbocycles. The summed E-state index contributed by atoms with van der Waals surface area (Å²) in [4.78, 5) is 2.43. The largest absolute Gasteiger partial charge is 0.401 e. The molecule has 1 saturated carbocycles. The molecule has 1 saturated heterocycles. The van der Waals surface area contributed by atoms with Gasteiger partial charge in [-0.25, -0.2) is 0 Å². The third-order valence-electron chi connectivity index (χ3n) is 4.44. The summed E-state index contributed by atoms with van der Waals surface area (Å²) in [6.45, 7) is 3.18. The Kier molecular flexibility index (Phi) is 5.12. The molecule has 2 rings (SSSR count). The van der Waals surface area contributed by atoms with Crippen molar-refractivity contribution in [3.63, 3.8) is 0 Å². The van der Waals surface area contributed by atoms with Gasteiger partial charge in [0.1, 0.15) is 0 Å². The molecule has 112 valence electrons. The van der Waals surface area contributed by atoms with E-state index in [1.807, 2.05) is 0 Å². The van der Waals surface area contributed by atoms with Gasteiger partial charge in [-0.05, 0) is 31.6 Å². The van der Waals surface area contributed by atoms with Crippen LogP contribution in [0.2, 0.25) is 0 Å². The van der Waals surface area contributed by atoms with E-state index in [2.05, 4.69) is 17.1 Å². The third kappa shape index (κ3) is 4.63. The molecule has 0 aromatic rings. The Morgan fingerprint density at radius 2 is 1.95 bits per heavy atom. The molecular formula is C14H25F3N2. The van der Waals surface area contributed by atoms with Crippen molar-refractivity contribution in [3.05, 3.63) is 0 Å². The summed E-state index contributed by atoms with van der Waals surface area (Å²) in [5, 5.41) is 2.72. The highest BCUT2D eigenvalue weighted by Gasteiger charge is 2.35. The summed E-state index contributed by atoms with van der Waals surface area (Å²) in [6.07, 6.45) is 2.78. The van der Waals surface area contributed by atoms with E-state index >= 15 is 0 Å². The monoisotopic (exact) mass is 278 g/mol. The molecule has 19 heavy (non-hydrogen) atoms. The summed E-state index contributed by atoms with van der Waals surface area (Å²) in [5.74, 6) is 0.560. The molecule has 0 amide bonds. The average molecular weight is 278 g/mol. The molecule has 0 radical (unpaired) electrons. The highest BCUT2D eigenvalue weighted by atomic mass is 19.4. The average Bonchev–Trinajstić information content (AvgIpc) is 2.23. The number of nitrogens with one attached hydrogen (secondary N) is 1. The van der Waals surface area contributed by atoms with Gasteiger partial charge in [-0.15, -0.1) is 0 Å². The van der Waals surface area contributed by atoms with E-state index in [0.29, 0.717) is 12.0 Å². The van der Waals surface area contributed by atoms with Crippen LogP contribution in [0.3, 0.4) is 0 Å². The Labute approximate surface area is 113 Å². The van der Waals surface area contributed by atoms with Gasteiger partial charge in [0.25, 0.3) is 0 Å². The van der Waals surface area contributed by atoms with Crippen molar-refractivity contribution in [3.8, 4) is 0 Å². The van der Waals surface area contributed by atoms with Gasteiger partial charge in [-0.2, -0.15) is 13.2 Å². The molecule has 1 heterocycles. The Bertz CT molecular complexity index is 276. The van der Waals surface area contributed by atoms with Crippen LogP contribution in [0.5, 0.6) is 0 Å².